The van der Waals surface area contributed by atoms with Gasteiger partial charge in [0.25, 0.3) is 0 Å². The number of hydrogen-bond donors (Lipinski definition) is 1. The highest BCUT2D eigenvalue weighted by Gasteiger charge is 2.25. The molecule has 1 aliphatic rings. The maximum absolute atomic E-state index is 3.80. The third-order valence-corrected chi connectivity index (χ3v) is 4.61. The van der Waals surface area contributed by atoms with Crippen molar-refractivity contribution < 1.29 is 0 Å². The van der Waals surface area contributed by atoms with E-state index in [4.69, 9.17) is 0 Å². The summed E-state index contributed by atoms with van der Waals surface area (Å²) in [6, 6.07) is 1.34. The summed E-state index contributed by atoms with van der Waals surface area (Å²) in [6.45, 7) is 17.7. The van der Waals surface area contributed by atoms with E-state index in [1.807, 2.05) is 0 Å². The van der Waals surface area contributed by atoms with Crippen LogP contribution in [0.1, 0.15) is 41.0 Å². The lowest BCUT2D eigenvalue weighted by molar-refractivity contribution is 0.0847. The number of piperazine rings is 1. The largest absolute Gasteiger partial charge is 0.312 e. The van der Waals surface area contributed by atoms with Crippen LogP contribution >= 0.6 is 0 Å². The highest BCUT2D eigenvalue weighted by Crippen LogP contribution is 2.14. The molecule has 2 atom stereocenters. The smallest absolute Gasteiger partial charge is 0.0244 e. The lowest BCUT2D eigenvalue weighted by atomic mass is 9.98. The van der Waals surface area contributed by atoms with Crippen molar-refractivity contribution in [2.24, 2.45) is 11.8 Å². The zero-order valence-electron chi connectivity index (χ0n) is 13.9. The van der Waals surface area contributed by atoms with Crippen LogP contribution in [-0.4, -0.2) is 61.7 Å². The van der Waals surface area contributed by atoms with Crippen LogP contribution in [0.15, 0.2) is 0 Å². The minimum Gasteiger partial charge on any atom is -0.312 e. The van der Waals surface area contributed by atoms with E-state index in [0.29, 0.717) is 12.1 Å². The van der Waals surface area contributed by atoms with E-state index in [1.165, 1.54) is 32.6 Å². The monoisotopic (exact) mass is 269 g/mol. The van der Waals surface area contributed by atoms with Gasteiger partial charge in [-0.3, -0.25) is 4.90 Å². The van der Waals surface area contributed by atoms with E-state index in [-0.39, 0.29) is 0 Å². The summed E-state index contributed by atoms with van der Waals surface area (Å²) < 4.78 is 0. The van der Waals surface area contributed by atoms with Crippen molar-refractivity contribution in [2.75, 3.05) is 39.8 Å². The van der Waals surface area contributed by atoms with Gasteiger partial charge in [-0.25, -0.2) is 0 Å². The van der Waals surface area contributed by atoms with E-state index in [0.717, 1.165) is 18.4 Å². The van der Waals surface area contributed by atoms with Gasteiger partial charge in [0.15, 0.2) is 0 Å². The molecule has 0 aromatic heterocycles. The number of nitrogens with zero attached hydrogens (tertiary/aromatic N) is 2. The van der Waals surface area contributed by atoms with Gasteiger partial charge < -0.3 is 10.2 Å². The van der Waals surface area contributed by atoms with Crippen LogP contribution < -0.4 is 5.32 Å². The fourth-order valence-corrected chi connectivity index (χ4v) is 3.06. The molecule has 0 aromatic carbocycles. The van der Waals surface area contributed by atoms with Crippen LogP contribution in [0.3, 0.4) is 0 Å². The number of nitrogens with one attached hydrogen (secondary N) is 1. The minimum atomic E-state index is 0.661. The molecule has 2 unspecified atom stereocenters. The van der Waals surface area contributed by atoms with Gasteiger partial charge in [-0.15, -0.1) is 0 Å². The van der Waals surface area contributed by atoms with Crippen molar-refractivity contribution in [2.45, 2.75) is 53.1 Å². The van der Waals surface area contributed by atoms with Crippen molar-refractivity contribution in [1.29, 1.82) is 0 Å². The number of hydrogen-bond acceptors (Lipinski definition) is 3. The van der Waals surface area contributed by atoms with Gasteiger partial charge in [0.05, 0.1) is 0 Å². The first-order valence-corrected chi connectivity index (χ1v) is 8.11. The molecule has 0 amide bonds. The maximum atomic E-state index is 3.80. The van der Waals surface area contributed by atoms with Crippen LogP contribution in [0, 0.1) is 11.8 Å². The number of rotatable bonds is 7. The molecule has 1 rings (SSSR count). The molecule has 1 N–H and O–H groups in total. The number of likely N-dealkylation sites (N-methyl/N-ethyl adjacent to an activating group) is 1. The second kappa shape index (κ2) is 8.23. The fourth-order valence-electron chi connectivity index (χ4n) is 3.06. The van der Waals surface area contributed by atoms with Gasteiger partial charge >= 0.3 is 0 Å². The highest BCUT2D eigenvalue weighted by atomic mass is 15.3. The molecular weight excluding hydrogens is 234 g/mol. The molecule has 1 aliphatic heterocycles. The molecule has 19 heavy (non-hydrogen) atoms. The summed E-state index contributed by atoms with van der Waals surface area (Å²) in [5, 5.41) is 3.80. The molecule has 1 saturated heterocycles. The van der Waals surface area contributed by atoms with E-state index in [2.05, 4.69) is 56.8 Å². The molecule has 0 bridgehead atoms. The second-order valence-electron chi connectivity index (χ2n) is 6.82. The Bertz CT molecular complexity index is 232. The van der Waals surface area contributed by atoms with Crippen LogP contribution in [0.5, 0.6) is 0 Å². The van der Waals surface area contributed by atoms with Gasteiger partial charge in [0.2, 0.25) is 0 Å². The molecule has 0 saturated carbocycles. The second-order valence-corrected chi connectivity index (χ2v) is 6.82. The molecule has 0 radical (unpaired) electrons. The third kappa shape index (κ3) is 5.41. The summed E-state index contributed by atoms with van der Waals surface area (Å²) in [7, 11) is 2.23. The van der Waals surface area contributed by atoms with Crippen molar-refractivity contribution in [1.82, 2.24) is 15.1 Å². The molecule has 0 spiro atoms. The standard InChI is InChI=1S/C16H35N3/c1-7-15(13(2)3)17-12-16(14(4)5)19-10-8-18(6)9-11-19/h13-17H,7-12H2,1-6H3. The van der Waals surface area contributed by atoms with Gasteiger partial charge in [0, 0.05) is 44.8 Å². The Labute approximate surface area is 120 Å². The molecule has 1 fully saturated rings. The Morgan fingerprint density at radius 3 is 1.95 bits per heavy atom. The summed E-state index contributed by atoms with van der Waals surface area (Å²) in [5.74, 6) is 1.45. The summed E-state index contributed by atoms with van der Waals surface area (Å²) in [5.41, 5.74) is 0. The lowest BCUT2D eigenvalue weighted by Crippen LogP contribution is -2.54. The molecule has 0 aromatic rings. The van der Waals surface area contributed by atoms with E-state index < -0.39 is 0 Å². The molecule has 1 heterocycles. The van der Waals surface area contributed by atoms with Gasteiger partial charge in [0.1, 0.15) is 0 Å². The first-order chi connectivity index (χ1) is 8.95. The zero-order chi connectivity index (χ0) is 14.4. The SMILES string of the molecule is CCC(NCC(C(C)C)N1CCN(C)CC1)C(C)C. The van der Waals surface area contributed by atoms with Crippen LogP contribution in [0.25, 0.3) is 0 Å². The average molecular weight is 269 g/mol. The first kappa shape index (κ1) is 16.9. The molecule has 114 valence electrons. The van der Waals surface area contributed by atoms with Crippen molar-refractivity contribution in [3.63, 3.8) is 0 Å². The quantitative estimate of drug-likeness (QED) is 0.765. The Morgan fingerprint density at radius 1 is 0.947 bits per heavy atom. The molecule has 0 aliphatic carbocycles. The Kier molecular flexibility index (Phi) is 7.33. The van der Waals surface area contributed by atoms with Crippen LogP contribution in [-0.2, 0) is 0 Å². The Balaban J connectivity index is 2.48. The predicted octanol–water partition coefficient (Wildman–Crippen LogP) is 2.28. The van der Waals surface area contributed by atoms with E-state index in [1.54, 1.807) is 0 Å². The first-order valence-electron chi connectivity index (χ1n) is 8.11. The van der Waals surface area contributed by atoms with Gasteiger partial charge in [-0.2, -0.15) is 0 Å². The van der Waals surface area contributed by atoms with E-state index >= 15 is 0 Å². The topological polar surface area (TPSA) is 18.5 Å². The van der Waals surface area contributed by atoms with Crippen LogP contribution in [0.2, 0.25) is 0 Å². The van der Waals surface area contributed by atoms with Gasteiger partial charge in [-0.05, 0) is 25.3 Å². The van der Waals surface area contributed by atoms with Crippen molar-refractivity contribution in [3.05, 3.63) is 0 Å². The molecule has 3 nitrogen and oxygen atoms in total. The van der Waals surface area contributed by atoms with Gasteiger partial charge in [-0.1, -0.05) is 34.6 Å². The average Bonchev–Trinajstić information content (AvgIpc) is 2.35. The minimum absolute atomic E-state index is 0.661. The molecular formula is C16H35N3. The Hall–Kier alpha value is -0.120. The lowest BCUT2D eigenvalue weighted by Gasteiger charge is -2.40. The normalized spacial score (nSPS) is 22.1. The summed E-state index contributed by atoms with van der Waals surface area (Å²) in [6.07, 6.45) is 1.23. The van der Waals surface area contributed by atoms with Crippen molar-refractivity contribution in [3.8, 4) is 0 Å². The van der Waals surface area contributed by atoms with E-state index in [9.17, 15) is 0 Å². The zero-order valence-corrected chi connectivity index (χ0v) is 13.9. The predicted molar refractivity (Wildman–Crippen MR) is 84.6 cm³/mol. The fraction of sp³-hybridized carbons (Fsp3) is 1.00. The summed E-state index contributed by atoms with van der Waals surface area (Å²) in [4.78, 5) is 5.12. The van der Waals surface area contributed by atoms with Crippen molar-refractivity contribution >= 4 is 0 Å². The maximum Gasteiger partial charge on any atom is 0.0244 e. The molecule has 3 heteroatoms. The van der Waals surface area contributed by atoms with Crippen LogP contribution in [0.4, 0.5) is 0 Å². The third-order valence-electron chi connectivity index (χ3n) is 4.61. The Morgan fingerprint density at radius 2 is 1.53 bits per heavy atom. The highest BCUT2D eigenvalue weighted by molar-refractivity contribution is 4.83. The summed E-state index contributed by atoms with van der Waals surface area (Å²) >= 11 is 0.